The van der Waals surface area contributed by atoms with Crippen LogP contribution in [0.25, 0.3) is 65.7 Å². The van der Waals surface area contributed by atoms with Crippen molar-refractivity contribution in [3.63, 3.8) is 0 Å². The second-order valence-corrected chi connectivity index (χ2v) is 15.1. The molecule has 1 saturated carbocycles. The number of nitrogens with zero attached hydrogens (tertiary/aromatic N) is 1. The summed E-state index contributed by atoms with van der Waals surface area (Å²) in [6, 6.07) is 71.7. The van der Waals surface area contributed by atoms with E-state index in [4.69, 9.17) is 0 Å². The van der Waals surface area contributed by atoms with Crippen molar-refractivity contribution >= 4 is 49.4 Å². The molecule has 0 aromatic heterocycles. The van der Waals surface area contributed by atoms with E-state index in [1.807, 2.05) is 0 Å². The van der Waals surface area contributed by atoms with Gasteiger partial charge in [-0.25, -0.2) is 0 Å². The summed E-state index contributed by atoms with van der Waals surface area (Å²) in [5.41, 5.74) is 12.3. The lowest BCUT2D eigenvalue weighted by Crippen LogP contribution is -2.11. The molecule has 9 aromatic carbocycles. The maximum Gasteiger partial charge on any atom is 0.0540 e. The second-order valence-electron chi connectivity index (χ2n) is 15.1. The minimum Gasteiger partial charge on any atom is -0.310 e. The summed E-state index contributed by atoms with van der Waals surface area (Å²) in [7, 11) is 0. The van der Waals surface area contributed by atoms with Gasteiger partial charge in [-0.3, -0.25) is 0 Å². The van der Waals surface area contributed by atoms with Gasteiger partial charge in [0.05, 0.1) is 5.69 Å². The first kappa shape index (κ1) is 33.2. The van der Waals surface area contributed by atoms with E-state index in [2.05, 4.69) is 199 Å². The molecular weight excluding hydrogens is 663 g/mol. The van der Waals surface area contributed by atoms with E-state index >= 15 is 0 Å². The Morgan fingerprint density at radius 1 is 0.364 bits per heavy atom. The molecule has 1 fully saturated rings. The maximum atomic E-state index is 2.47. The van der Waals surface area contributed by atoms with E-state index < -0.39 is 0 Å². The average molecular weight is 706 g/mol. The predicted molar refractivity (Wildman–Crippen MR) is 236 cm³/mol. The van der Waals surface area contributed by atoms with Crippen molar-refractivity contribution in [3.8, 4) is 33.4 Å². The van der Waals surface area contributed by atoms with Gasteiger partial charge in [-0.2, -0.15) is 0 Å². The number of hydrogen-bond donors (Lipinski definition) is 0. The second kappa shape index (κ2) is 14.4. The molecule has 0 atom stereocenters. The normalized spacial score (nSPS) is 13.4. The molecule has 1 nitrogen and oxygen atoms in total. The van der Waals surface area contributed by atoms with Crippen LogP contribution in [0.15, 0.2) is 194 Å². The van der Waals surface area contributed by atoms with Crippen LogP contribution < -0.4 is 4.90 Å². The molecule has 0 saturated heterocycles. The Morgan fingerprint density at radius 2 is 1.00 bits per heavy atom. The first-order chi connectivity index (χ1) is 27.3. The molecule has 10 rings (SSSR count). The van der Waals surface area contributed by atoms with Crippen molar-refractivity contribution in [2.75, 3.05) is 4.90 Å². The molecule has 9 aromatic rings. The van der Waals surface area contributed by atoms with Crippen LogP contribution in [0.2, 0.25) is 0 Å². The summed E-state index contributed by atoms with van der Waals surface area (Å²) >= 11 is 0. The Kier molecular flexibility index (Phi) is 8.69. The fraction of sp³-hybridized carbons (Fsp3) is 0.111. The van der Waals surface area contributed by atoms with Gasteiger partial charge in [0.1, 0.15) is 0 Å². The van der Waals surface area contributed by atoms with Gasteiger partial charge in [0, 0.05) is 16.9 Å². The summed E-state index contributed by atoms with van der Waals surface area (Å²) in [6.45, 7) is 0. The smallest absolute Gasteiger partial charge is 0.0540 e. The lowest BCUT2D eigenvalue weighted by molar-refractivity contribution is 0.445. The molecule has 0 bridgehead atoms. The van der Waals surface area contributed by atoms with E-state index in [-0.39, 0.29) is 0 Å². The molecule has 0 spiro atoms. The Hall–Kier alpha value is -6.44. The van der Waals surface area contributed by atoms with Crippen molar-refractivity contribution in [1.82, 2.24) is 0 Å². The van der Waals surface area contributed by atoms with E-state index in [0.717, 1.165) is 11.4 Å². The average Bonchev–Trinajstić information content (AvgIpc) is 3.27. The van der Waals surface area contributed by atoms with Gasteiger partial charge in [-0.15, -0.1) is 0 Å². The number of rotatable bonds is 7. The van der Waals surface area contributed by atoms with E-state index in [9.17, 15) is 0 Å². The Labute approximate surface area is 324 Å². The summed E-state index contributed by atoms with van der Waals surface area (Å²) in [5.74, 6) is 0.599. The first-order valence-corrected chi connectivity index (χ1v) is 19.9. The third-order valence-electron chi connectivity index (χ3n) is 11.9. The lowest BCUT2D eigenvalue weighted by Gasteiger charge is -2.29. The van der Waals surface area contributed by atoms with Gasteiger partial charge < -0.3 is 4.90 Å². The zero-order valence-corrected chi connectivity index (χ0v) is 31.0. The zero-order chi connectivity index (χ0) is 36.6. The zero-order valence-electron chi connectivity index (χ0n) is 31.0. The molecule has 55 heavy (non-hydrogen) atoms. The molecule has 0 N–H and O–H groups in total. The third-order valence-corrected chi connectivity index (χ3v) is 11.9. The minimum absolute atomic E-state index is 0.599. The van der Waals surface area contributed by atoms with Crippen LogP contribution in [0.5, 0.6) is 0 Å². The third kappa shape index (κ3) is 6.16. The summed E-state index contributed by atoms with van der Waals surface area (Å²) in [5, 5.41) is 7.82. The summed E-state index contributed by atoms with van der Waals surface area (Å²) < 4.78 is 0. The molecule has 0 aliphatic heterocycles. The number of benzene rings is 9. The molecule has 0 radical (unpaired) electrons. The Morgan fingerprint density at radius 3 is 1.87 bits per heavy atom. The number of anilines is 3. The molecule has 0 unspecified atom stereocenters. The van der Waals surface area contributed by atoms with Crippen LogP contribution in [0.1, 0.15) is 43.6 Å². The van der Waals surface area contributed by atoms with Crippen LogP contribution in [0, 0.1) is 0 Å². The number of para-hydroxylation sites is 1. The van der Waals surface area contributed by atoms with Gasteiger partial charge in [0.2, 0.25) is 0 Å². The summed E-state index contributed by atoms with van der Waals surface area (Å²) in [4.78, 5) is 2.47. The lowest BCUT2D eigenvalue weighted by atomic mass is 9.80. The number of hydrogen-bond acceptors (Lipinski definition) is 1. The van der Waals surface area contributed by atoms with Crippen LogP contribution in [-0.4, -0.2) is 0 Å². The van der Waals surface area contributed by atoms with Crippen LogP contribution >= 0.6 is 0 Å². The van der Waals surface area contributed by atoms with Crippen molar-refractivity contribution in [2.24, 2.45) is 0 Å². The van der Waals surface area contributed by atoms with Crippen LogP contribution in [0.3, 0.4) is 0 Å². The van der Waals surface area contributed by atoms with Crippen LogP contribution in [0.4, 0.5) is 17.1 Å². The van der Waals surface area contributed by atoms with Gasteiger partial charge >= 0.3 is 0 Å². The minimum atomic E-state index is 0.599. The number of fused-ring (bicyclic) bond motifs is 4. The van der Waals surface area contributed by atoms with Gasteiger partial charge in [-0.05, 0) is 115 Å². The van der Waals surface area contributed by atoms with Crippen molar-refractivity contribution in [1.29, 1.82) is 0 Å². The largest absolute Gasteiger partial charge is 0.310 e. The van der Waals surface area contributed by atoms with Crippen molar-refractivity contribution in [3.05, 3.63) is 200 Å². The standard InChI is InChI=1S/C54H43N/c1-3-15-38(16-4-1)39-31-34-44(35-32-39)55(45-23-11-22-43(37-45)47-26-14-28-49-46-24-8-7-19-41(46)33-36-50(47)49)53-30-10-9-25-51(53)52-29-13-21-42-20-12-27-48(54(42)52)40-17-5-2-6-18-40/h1,3-4,7-16,19-37,40H,2,5-6,17-18H2. The Balaban J connectivity index is 1.17. The summed E-state index contributed by atoms with van der Waals surface area (Å²) in [6.07, 6.45) is 6.52. The van der Waals surface area contributed by atoms with Gasteiger partial charge in [0.15, 0.2) is 0 Å². The fourth-order valence-corrected chi connectivity index (χ4v) is 9.21. The highest BCUT2D eigenvalue weighted by molar-refractivity contribution is 6.12. The molecule has 264 valence electrons. The topological polar surface area (TPSA) is 3.24 Å². The highest BCUT2D eigenvalue weighted by atomic mass is 15.1. The highest BCUT2D eigenvalue weighted by Crippen LogP contribution is 2.46. The Bertz CT molecular complexity index is 2790. The monoisotopic (exact) mass is 705 g/mol. The van der Waals surface area contributed by atoms with E-state index in [1.54, 1.807) is 0 Å². The van der Waals surface area contributed by atoms with E-state index in [1.165, 1.54) is 109 Å². The van der Waals surface area contributed by atoms with Crippen molar-refractivity contribution < 1.29 is 0 Å². The van der Waals surface area contributed by atoms with Crippen LogP contribution in [-0.2, 0) is 0 Å². The molecular formula is C54H43N. The fourth-order valence-electron chi connectivity index (χ4n) is 9.21. The van der Waals surface area contributed by atoms with Crippen molar-refractivity contribution in [2.45, 2.75) is 38.0 Å². The molecule has 0 amide bonds. The molecule has 1 heteroatoms. The van der Waals surface area contributed by atoms with E-state index in [0.29, 0.717) is 5.92 Å². The first-order valence-electron chi connectivity index (χ1n) is 19.9. The molecule has 0 heterocycles. The highest BCUT2D eigenvalue weighted by Gasteiger charge is 2.23. The SMILES string of the molecule is c1ccc(-c2ccc(N(c3cccc(-c4cccc5c4ccc4ccccc45)c3)c3ccccc3-c3cccc4cccc(C5CCCCC5)c34)cc2)cc1. The quantitative estimate of drug-likeness (QED) is 0.149. The van der Waals surface area contributed by atoms with Gasteiger partial charge in [-0.1, -0.05) is 183 Å². The maximum absolute atomic E-state index is 2.47. The molecule has 1 aliphatic rings. The molecule has 1 aliphatic carbocycles. The predicted octanol–water partition coefficient (Wildman–Crippen LogP) is 15.7. The van der Waals surface area contributed by atoms with Gasteiger partial charge in [0.25, 0.3) is 0 Å².